The Balaban J connectivity index is 1.76. The first-order valence-electron chi connectivity index (χ1n) is 12.8. The molecule has 202 valence electrons. The van der Waals surface area contributed by atoms with Crippen LogP contribution in [0.4, 0.5) is 0 Å². The molecule has 1 saturated carbocycles. The molecule has 0 bridgehead atoms. The Morgan fingerprint density at radius 2 is 1.89 bits per heavy atom. The zero-order chi connectivity index (χ0) is 27.1. The van der Waals surface area contributed by atoms with Gasteiger partial charge in [-0.15, -0.1) is 16.9 Å². The van der Waals surface area contributed by atoms with Gasteiger partial charge in [-0.3, -0.25) is 14.4 Å². The van der Waals surface area contributed by atoms with E-state index in [1.54, 1.807) is 18.3 Å². The van der Waals surface area contributed by atoms with Crippen LogP contribution in [-0.2, 0) is 11.3 Å². The quantitative estimate of drug-likeness (QED) is 0.333. The SMILES string of the molecule is CSc1ncccc1C(=O)N[C@H]1CCCC[C@H]1C(=O)N[C@@H](CC(C)C)C(=O)c1nn(CC(C)C)c(=O)o1. The van der Waals surface area contributed by atoms with Gasteiger partial charge in [0.25, 0.3) is 11.8 Å². The van der Waals surface area contributed by atoms with Crippen LogP contribution in [-0.4, -0.2) is 50.7 Å². The van der Waals surface area contributed by atoms with E-state index in [0.717, 1.165) is 17.5 Å². The summed E-state index contributed by atoms with van der Waals surface area (Å²) in [5.41, 5.74) is 0.472. The number of thioether (sulfide) groups is 1. The molecule has 1 fully saturated rings. The van der Waals surface area contributed by atoms with Crippen LogP contribution in [0, 0.1) is 17.8 Å². The Bertz CT molecular complexity index is 1160. The first-order valence-corrected chi connectivity index (χ1v) is 14.1. The fourth-order valence-electron chi connectivity index (χ4n) is 4.59. The Morgan fingerprint density at radius 3 is 2.57 bits per heavy atom. The van der Waals surface area contributed by atoms with Crippen LogP contribution in [0.1, 0.15) is 80.8 Å². The third-order valence-corrected chi connectivity index (χ3v) is 7.04. The largest absolute Gasteiger partial charge is 0.437 e. The van der Waals surface area contributed by atoms with Crippen molar-refractivity contribution in [1.29, 1.82) is 0 Å². The number of hydrogen-bond donors (Lipinski definition) is 2. The second-order valence-corrected chi connectivity index (χ2v) is 11.1. The number of pyridine rings is 1. The summed E-state index contributed by atoms with van der Waals surface area (Å²) in [5.74, 6) is -2.34. The maximum absolute atomic E-state index is 13.4. The van der Waals surface area contributed by atoms with Crippen LogP contribution < -0.4 is 16.4 Å². The summed E-state index contributed by atoms with van der Waals surface area (Å²) < 4.78 is 6.28. The number of Topliss-reactive ketones (excluding diaryl/α,β-unsaturated/α-hetero) is 1. The number of ketones is 1. The zero-order valence-electron chi connectivity index (χ0n) is 22.2. The van der Waals surface area contributed by atoms with Gasteiger partial charge in [0.2, 0.25) is 11.7 Å². The fourth-order valence-corrected chi connectivity index (χ4v) is 5.13. The lowest BCUT2D eigenvalue weighted by molar-refractivity contribution is -0.127. The van der Waals surface area contributed by atoms with Gasteiger partial charge < -0.3 is 15.1 Å². The summed E-state index contributed by atoms with van der Waals surface area (Å²) in [6, 6.07) is 2.17. The summed E-state index contributed by atoms with van der Waals surface area (Å²) >= 11 is 1.39. The Labute approximate surface area is 221 Å². The van der Waals surface area contributed by atoms with Gasteiger partial charge in [0.05, 0.1) is 24.1 Å². The lowest BCUT2D eigenvalue weighted by Gasteiger charge is -2.32. The summed E-state index contributed by atoms with van der Waals surface area (Å²) in [5, 5.41) is 10.6. The molecule has 0 aliphatic heterocycles. The average Bonchev–Trinajstić information content (AvgIpc) is 3.22. The lowest BCUT2D eigenvalue weighted by atomic mass is 9.83. The Hall–Kier alpha value is -2.95. The van der Waals surface area contributed by atoms with Crippen LogP contribution in [0.5, 0.6) is 0 Å². The minimum atomic E-state index is -0.891. The number of carbonyl (C=O) groups excluding carboxylic acids is 3. The number of aromatic nitrogens is 3. The van der Waals surface area contributed by atoms with Crippen molar-refractivity contribution in [1.82, 2.24) is 25.4 Å². The molecule has 0 spiro atoms. The zero-order valence-corrected chi connectivity index (χ0v) is 23.0. The van der Waals surface area contributed by atoms with Crippen molar-refractivity contribution in [3.63, 3.8) is 0 Å². The van der Waals surface area contributed by atoms with Gasteiger partial charge >= 0.3 is 5.76 Å². The van der Waals surface area contributed by atoms with Crippen LogP contribution in [0.2, 0.25) is 0 Å². The van der Waals surface area contributed by atoms with Crippen molar-refractivity contribution in [2.75, 3.05) is 6.26 Å². The number of nitrogens with one attached hydrogen (secondary N) is 2. The smallest absolute Gasteiger partial charge is 0.384 e. The standard InChI is InChI=1S/C26H37N5O5S/c1-15(2)13-20(21(32)24-30-31(14-16(3)4)26(35)36-24)29-22(33)17-9-6-7-11-19(17)28-23(34)18-10-8-12-27-25(18)37-5/h8,10,12,15-17,19-20H,6-7,9,11,13-14H2,1-5H3,(H,28,34)(H,29,33)/t17-,19+,20+/m1/s1. The molecule has 0 unspecified atom stereocenters. The van der Waals surface area contributed by atoms with E-state index < -0.39 is 23.5 Å². The van der Waals surface area contributed by atoms with E-state index in [2.05, 4.69) is 20.7 Å². The highest BCUT2D eigenvalue weighted by Crippen LogP contribution is 2.26. The second-order valence-electron chi connectivity index (χ2n) is 10.3. The maximum atomic E-state index is 13.4. The van der Waals surface area contributed by atoms with E-state index in [-0.39, 0.29) is 35.6 Å². The van der Waals surface area contributed by atoms with Gasteiger partial charge in [0, 0.05) is 12.2 Å². The topological polar surface area (TPSA) is 136 Å². The second kappa shape index (κ2) is 13.0. The van der Waals surface area contributed by atoms with E-state index in [1.165, 1.54) is 11.8 Å². The normalized spacial score (nSPS) is 18.6. The molecule has 2 amide bonds. The van der Waals surface area contributed by atoms with Crippen molar-refractivity contribution in [2.45, 2.75) is 83.5 Å². The van der Waals surface area contributed by atoms with Gasteiger partial charge in [-0.05, 0) is 49.5 Å². The molecule has 2 aromatic rings. The Kier molecular flexibility index (Phi) is 10.1. The van der Waals surface area contributed by atoms with E-state index in [0.29, 0.717) is 36.4 Å². The molecule has 0 saturated heterocycles. The molecule has 37 heavy (non-hydrogen) atoms. The van der Waals surface area contributed by atoms with Crippen molar-refractivity contribution in [2.24, 2.45) is 17.8 Å². The molecule has 1 aliphatic rings. The van der Waals surface area contributed by atoms with Crippen LogP contribution in [0.25, 0.3) is 0 Å². The van der Waals surface area contributed by atoms with E-state index >= 15 is 0 Å². The van der Waals surface area contributed by atoms with Crippen LogP contribution in [0.15, 0.2) is 32.6 Å². The monoisotopic (exact) mass is 531 g/mol. The van der Waals surface area contributed by atoms with Gasteiger partial charge in [0.1, 0.15) is 5.03 Å². The summed E-state index contributed by atoms with van der Waals surface area (Å²) in [4.78, 5) is 56.1. The highest BCUT2D eigenvalue weighted by atomic mass is 32.2. The number of carbonyl (C=O) groups is 3. The molecule has 2 N–H and O–H groups in total. The van der Waals surface area contributed by atoms with Gasteiger partial charge in [0.15, 0.2) is 0 Å². The fraction of sp³-hybridized carbons (Fsp3) is 0.615. The highest BCUT2D eigenvalue weighted by Gasteiger charge is 2.36. The minimum Gasteiger partial charge on any atom is -0.384 e. The van der Waals surface area contributed by atoms with Crippen molar-refractivity contribution < 1.29 is 18.8 Å². The molecule has 3 atom stereocenters. The highest BCUT2D eigenvalue weighted by molar-refractivity contribution is 7.98. The van der Waals surface area contributed by atoms with Crippen molar-refractivity contribution in [3.8, 4) is 0 Å². The maximum Gasteiger partial charge on any atom is 0.437 e. The van der Waals surface area contributed by atoms with E-state index in [9.17, 15) is 19.2 Å². The molecule has 11 heteroatoms. The first-order chi connectivity index (χ1) is 17.6. The summed E-state index contributed by atoms with van der Waals surface area (Å²) in [7, 11) is 0. The van der Waals surface area contributed by atoms with E-state index in [1.807, 2.05) is 34.0 Å². The lowest BCUT2D eigenvalue weighted by Crippen LogP contribution is -2.52. The molecule has 1 aliphatic carbocycles. The molecule has 2 aromatic heterocycles. The molecule has 2 heterocycles. The van der Waals surface area contributed by atoms with Gasteiger partial charge in [-0.25, -0.2) is 9.78 Å². The minimum absolute atomic E-state index is 0.0936. The van der Waals surface area contributed by atoms with Crippen molar-refractivity contribution >= 4 is 29.4 Å². The third-order valence-electron chi connectivity index (χ3n) is 6.32. The molecule has 3 rings (SSSR count). The molecule has 10 nitrogen and oxygen atoms in total. The molecular formula is C26H37N5O5S. The summed E-state index contributed by atoms with van der Waals surface area (Å²) in [6.07, 6.45) is 6.86. The predicted molar refractivity (Wildman–Crippen MR) is 141 cm³/mol. The summed E-state index contributed by atoms with van der Waals surface area (Å²) in [6.45, 7) is 8.08. The van der Waals surface area contributed by atoms with Crippen LogP contribution >= 0.6 is 11.8 Å². The molecular weight excluding hydrogens is 494 g/mol. The Morgan fingerprint density at radius 1 is 1.16 bits per heavy atom. The number of rotatable bonds is 11. The van der Waals surface area contributed by atoms with E-state index in [4.69, 9.17) is 4.42 Å². The predicted octanol–water partition coefficient (Wildman–Crippen LogP) is 3.31. The van der Waals surface area contributed by atoms with Gasteiger partial charge in [-0.2, -0.15) is 4.68 Å². The van der Waals surface area contributed by atoms with Gasteiger partial charge in [-0.1, -0.05) is 40.5 Å². The number of hydrogen-bond acceptors (Lipinski definition) is 8. The third kappa shape index (κ3) is 7.53. The molecule has 0 radical (unpaired) electrons. The number of nitrogens with zero attached hydrogens (tertiary/aromatic N) is 3. The molecule has 0 aromatic carbocycles. The van der Waals surface area contributed by atoms with Crippen LogP contribution in [0.3, 0.4) is 0 Å². The first kappa shape index (κ1) is 28.6. The number of amides is 2. The average molecular weight is 532 g/mol. The van der Waals surface area contributed by atoms with Crippen molar-refractivity contribution in [3.05, 3.63) is 40.3 Å².